The quantitative estimate of drug-likeness (QED) is 0.539. The Morgan fingerprint density at radius 3 is 2.14 bits per heavy atom. The molecule has 0 spiro atoms. The van der Waals surface area contributed by atoms with Crippen LogP contribution < -0.4 is 5.32 Å². The van der Waals surface area contributed by atoms with Crippen molar-refractivity contribution in [1.82, 2.24) is 20.3 Å². The fraction of sp³-hybridized carbons (Fsp3) is 0.125. The third-order valence-corrected chi connectivity index (χ3v) is 4.79. The van der Waals surface area contributed by atoms with E-state index in [-0.39, 0.29) is 18.4 Å². The molecule has 144 valence electrons. The Bertz CT molecular complexity index is 1080. The van der Waals surface area contributed by atoms with E-state index < -0.39 is 0 Å². The summed E-state index contributed by atoms with van der Waals surface area (Å²) in [5, 5.41) is 11.7. The van der Waals surface area contributed by atoms with E-state index in [9.17, 15) is 4.79 Å². The highest BCUT2D eigenvalue weighted by Gasteiger charge is 2.19. The Morgan fingerprint density at radius 1 is 0.897 bits per heavy atom. The summed E-state index contributed by atoms with van der Waals surface area (Å²) in [6.45, 7) is 1.98. The van der Waals surface area contributed by atoms with E-state index in [0.29, 0.717) is 5.69 Å². The van der Waals surface area contributed by atoms with E-state index in [0.717, 1.165) is 22.5 Å². The van der Waals surface area contributed by atoms with Crippen LogP contribution in [0.15, 0.2) is 91.0 Å². The molecule has 4 aromatic rings. The molecule has 0 radical (unpaired) electrons. The molecule has 1 N–H and O–H groups in total. The summed E-state index contributed by atoms with van der Waals surface area (Å²) >= 11 is 0. The second-order valence-electron chi connectivity index (χ2n) is 6.87. The van der Waals surface area contributed by atoms with Gasteiger partial charge in [-0.05, 0) is 24.6 Å². The lowest BCUT2D eigenvalue weighted by molar-refractivity contribution is -0.121. The first-order valence-corrected chi connectivity index (χ1v) is 9.62. The summed E-state index contributed by atoms with van der Waals surface area (Å²) in [6, 6.07) is 29.6. The standard InChI is InChI=1S/C24H22N4O/c1-18(19-11-5-2-6-12-19)25-23(29)17-22-24(20-13-7-3-8-14-20)28(27-26-22)21-15-9-4-10-16-21/h2-16,18H,17H2,1H3,(H,25,29). The van der Waals surface area contributed by atoms with E-state index in [1.165, 1.54) is 0 Å². The largest absolute Gasteiger partial charge is 0.349 e. The van der Waals surface area contributed by atoms with Crippen LogP contribution in [-0.2, 0) is 11.2 Å². The van der Waals surface area contributed by atoms with Crippen LogP contribution in [0.25, 0.3) is 16.9 Å². The van der Waals surface area contributed by atoms with E-state index in [1.54, 1.807) is 4.68 Å². The summed E-state index contributed by atoms with van der Waals surface area (Å²) < 4.78 is 1.79. The van der Waals surface area contributed by atoms with Gasteiger partial charge in [0, 0.05) is 5.56 Å². The zero-order valence-corrected chi connectivity index (χ0v) is 16.2. The van der Waals surface area contributed by atoms with Gasteiger partial charge in [0.05, 0.1) is 23.8 Å². The number of hydrogen-bond donors (Lipinski definition) is 1. The molecule has 0 fully saturated rings. The summed E-state index contributed by atoms with van der Waals surface area (Å²) in [4.78, 5) is 12.7. The van der Waals surface area contributed by atoms with Gasteiger partial charge < -0.3 is 5.32 Å². The van der Waals surface area contributed by atoms with Crippen LogP contribution in [0.2, 0.25) is 0 Å². The number of carbonyl (C=O) groups is 1. The minimum absolute atomic E-state index is 0.0759. The van der Waals surface area contributed by atoms with Crippen molar-refractivity contribution >= 4 is 5.91 Å². The lowest BCUT2D eigenvalue weighted by atomic mass is 10.1. The molecule has 0 aliphatic heterocycles. The maximum atomic E-state index is 12.7. The van der Waals surface area contributed by atoms with Crippen molar-refractivity contribution in [1.29, 1.82) is 0 Å². The predicted molar refractivity (Wildman–Crippen MR) is 113 cm³/mol. The normalized spacial score (nSPS) is 11.8. The van der Waals surface area contributed by atoms with Gasteiger partial charge in [0.15, 0.2) is 0 Å². The topological polar surface area (TPSA) is 59.8 Å². The van der Waals surface area contributed by atoms with E-state index in [2.05, 4.69) is 15.6 Å². The van der Waals surface area contributed by atoms with Crippen LogP contribution in [0, 0.1) is 0 Å². The van der Waals surface area contributed by atoms with Gasteiger partial charge in [-0.15, -0.1) is 5.10 Å². The molecule has 1 atom stereocenters. The van der Waals surface area contributed by atoms with Crippen molar-refractivity contribution in [3.63, 3.8) is 0 Å². The van der Waals surface area contributed by atoms with Crippen molar-refractivity contribution in [2.45, 2.75) is 19.4 Å². The number of nitrogens with one attached hydrogen (secondary N) is 1. The smallest absolute Gasteiger partial charge is 0.226 e. The van der Waals surface area contributed by atoms with E-state index >= 15 is 0 Å². The van der Waals surface area contributed by atoms with Crippen molar-refractivity contribution in [3.05, 3.63) is 102 Å². The van der Waals surface area contributed by atoms with E-state index in [4.69, 9.17) is 0 Å². The molecule has 1 aromatic heterocycles. The molecular formula is C24H22N4O. The number of carbonyl (C=O) groups excluding carboxylic acids is 1. The fourth-order valence-electron chi connectivity index (χ4n) is 3.34. The lowest BCUT2D eigenvalue weighted by Gasteiger charge is -2.14. The van der Waals surface area contributed by atoms with Gasteiger partial charge in [-0.3, -0.25) is 4.79 Å². The second kappa shape index (κ2) is 8.52. The summed E-state index contributed by atoms with van der Waals surface area (Å²) in [6.07, 6.45) is 0.161. The third kappa shape index (κ3) is 4.24. The molecular weight excluding hydrogens is 360 g/mol. The summed E-state index contributed by atoms with van der Waals surface area (Å²) in [5.41, 5.74) is 4.43. The molecule has 1 amide bonds. The molecule has 29 heavy (non-hydrogen) atoms. The van der Waals surface area contributed by atoms with Crippen LogP contribution in [-0.4, -0.2) is 20.9 Å². The number of rotatable bonds is 6. The number of benzene rings is 3. The first-order valence-electron chi connectivity index (χ1n) is 9.62. The maximum Gasteiger partial charge on any atom is 0.226 e. The first kappa shape index (κ1) is 18.6. The number of para-hydroxylation sites is 1. The predicted octanol–water partition coefficient (Wildman–Crippen LogP) is 4.35. The van der Waals surface area contributed by atoms with Crippen molar-refractivity contribution in [2.24, 2.45) is 0 Å². The molecule has 5 nitrogen and oxygen atoms in total. The van der Waals surface area contributed by atoms with Crippen LogP contribution in [0.5, 0.6) is 0 Å². The van der Waals surface area contributed by atoms with Crippen LogP contribution in [0.1, 0.15) is 24.2 Å². The molecule has 4 rings (SSSR count). The lowest BCUT2D eigenvalue weighted by Crippen LogP contribution is -2.28. The van der Waals surface area contributed by atoms with E-state index in [1.807, 2.05) is 97.9 Å². The molecule has 0 bridgehead atoms. The number of nitrogens with zero attached hydrogens (tertiary/aromatic N) is 3. The molecule has 0 saturated carbocycles. The summed E-state index contributed by atoms with van der Waals surface area (Å²) in [7, 11) is 0. The fourth-order valence-corrected chi connectivity index (χ4v) is 3.34. The average molecular weight is 382 g/mol. The second-order valence-corrected chi connectivity index (χ2v) is 6.87. The van der Waals surface area contributed by atoms with Gasteiger partial charge in [-0.1, -0.05) is 84.1 Å². The van der Waals surface area contributed by atoms with Crippen LogP contribution in [0.4, 0.5) is 0 Å². The van der Waals surface area contributed by atoms with Gasteiger partial charge in [0.1, 0.15) is 5.69 Å². The highest BCUT2D eigenvalue weighted by atomic mass is 16.1. The zero-order valence-electron chi connectivity index (χ0n) is 16.2. The third-order valence-electron chi connectivity index (χ3n) is 4.79. The Kier molecular flexibility index (Phi) is 5.47. The van der Waals surface area contributed by atoms with Gasteiger partial charge in [0.25, 0.3) is 0 Å². The van der Waals surface area contributed by atoms with Crippen molar-refractivity contribution < 1.29 is 4.79 Å². The van der Waals surface area contributed by atoms with Crippen LogP contribution in [0.3, 0.4) is 0 Å². The number of aromatic nitrogens is 3. The molecule has 5 heteroatoms. The van der Waals surface area contributed by atoms with Crippen LogP contribution >= 0.6 is 0 Å². The number of amides is 1. The number of hydrogen-bond acceptors (Lipinski definition) is 3. The first-order chi connectivity index (χ1) is 14.2. The SMILES string of the molecule is CC(NC(=O)Cc1nnn(-c2ccccc2)c1-c1ccccc1)c1ccccc1. The molecule has 0 aliphatic carbocycles. The van der Waals surface area contributed by atoms with Crippen molar-refractivity contribution in [3.8, 4) is 16.9 Å². The summed E-state index contributed by atoms with van der Waals surface area (Å²) in [5.74, 6) is -0.0846. The molecule has 1 heterocycles. The monoisotopic (exact) mass is 382 g/mol. The Balaban J connectivity index is 1.62. The zero-order chi connectivity index (χ0) is 20.1. The molecule has 1 unspecified atom stereocenters. The highest BCUT2D eigenvalue weighted by molar-refractivity contribution is 5.81. The molecule has 3 aromatic carbocycles. The van der Waals surface area contributed by atoms with Gasteiger partial charge >= 0.3 is 0 Å². The maximum absolute atomic E-state index is 12.7. The minimum atomic E-state index is -0.0846. The average Bonchev–Trinajstić information content (AvgIpc) is 3.19. The van der Waals surface area contributed by atoms with Crippen molar-refractivity contribution in [2.75, 3.05) is 0 Å². The highest BCUT2D eigenvalue weighted by Crippen LogP contribution is 2.25. The van der Waals surface area contributed by atoms with Gasteiger partial charge in [0.2, 0.25) is 5.91 Å². The Labute approximate surface area is 170 Å². The van der Waals surface area contributed by atoms with Gasteiger partial charge in [-0.25, -0.2) is 4.68 Å². The van der Waals surface area contributed by atoms with Gasteiger partial charge in [-0.2, -0.15) is 0 Å². The molecule has 0 aliphatic rings. The minimum Gasteiger partial charge on any atom is -0.349 e. The Hall–Kier alpha value is -3.73. The Morgan fingerprint density at radius 2 is 1.48 bits per heavy atom. The molecule has 0 saturated heterocycles.